The zero-order chi connectivity index (χ0) is 22.5. The minimum atomic E-state index is -1.11. The number of nitrogens with zero attached hydrogens (tertiary/aromatic N) is 2. The largest absolute Gasteiger partial charge is 2.00 e. The van der Waals surface area contributed by atoms with E-state index in [0.29, 0.717) is 0 Å². The van der Waals surface area contributed by atoms with Gasteiger partial charge in [-0.25, -0.2) is 0 Å². The van der Waals surface area contributed by atoms with Gasteiger partial charge in [-0.2, -0.15) is 0 Å². The van der Waals surface area contributed by atoms with E-state index in [1.807, 2.05) is 0 Å². The molecule has 0 aromatic rings. The Bertz CT molecular complexity index is 293. The fourth-order valence-corrected chi connectivity index (χ4v) is 19.1. The van der Waals surface area contributed by atoms with Crippen molar-refractivity contribution in [1.29, 1.82) is 0 Å². The average molecular weight is 517 g/mol. The Morgan fingerprint density at radius 1 is 0.414 bits per heavy atom. The van der Waals surface area contributed by atoms with Crippen LogP contribution in [0.15, 0.2) is 0 Å². The summed E-state index contributed by atoms with van der Waals surface area (Å²) in [5.41, 5.74) is 0. The van der Waals surface area contributed by atoms with Crippen LogP contribution in [0.2, 0.25) is 78.6 Å². The second kappa shape index (κ2) is 16.8. The number of rotatable bonds is 4. The van der Waals surface area contributed by atoms with Crippen molar-refractivity contribution in [2.75, 3.05) is 26.4 Å². The molecule has 2 aliphatic heterocycles. The van der Waals surface area contributed by atoms with E-state index >= 15 is 0 Å². The van der Waals surface area contributed by atoms with Crippen molar-refractivity contribution < 1.29 is 26.8 Å². The standard InChI is InChI=1S/2C6H18NSi2.2C4H8O.Cr/c2*1-8(2,3)7-9(4,5)6;2*1-2-4-5-3-1;/h2*1-6H3;2*1-4H2;/q2*-1;;;+2. The molecule has 2 saturated heterocycles. The van der Waals surface area contributed by atoms with E-state index < -0.39 is 32.9 Å². The molecule has 0 atom stereocenters. The van der Waals surface area contributed by atoms with E-state index in [1.54, 1.807) is 0 Å². The van der Waals surface area contributed by atoms with Gasteiger partial charge in [-0.1, -0.05) is 112 Å². The second-order valence-electron chi connectivity index (χ2n) is 11.5. The SMILES string of the molecule is C1CCOC1.C1CCOC1.C[Si](C)(C)[N-][Si](C)(C)C.C[Si](C)(C)[N-][Si](C)(C)C.[Cr+2]. The van der Waals surface area contributed by atoms with Crippen molar-refractivity contribution >= 4 is 32.9 Å². The van der Waals surface area contributed by atoms with Gasteiger partial charge in [-0.05, 0) is 25.7 Å². The fraction of sp³-hybridized carbons (Fsp3) is 1.00. The molecule has 2 fully saturated rings. The Hall–Kier alpha value is 1.24. The maximum atomic E-state index is 4.94. The van der Waals surface area contributed by atoms with E-state index in [0.717, 1.165) is 26.4 Å². The van der Waals surface area contributed by atoms with E-state index in [2.05, 4.69) is 78.6 Å². The summed E-state index contributed by atoms with van der Waals surface area (Å²) >= 11 is 0. The predicted octanol–water partition coefficient (Wildman–Crippen LogP) is 7.65. The molecule has 0 radical (unpaired) electrons. The molecule has 2 rings (SSSR count). The van der Waals surface area contributed by atoms with Crippen LogP contribution >= 0.6 is 0 Å². The van der Waals surface area contributed by atoms with Gasteiger partial charge in [0.05, 0.1) is 0 Å². The van der Waals surface area contributed by atoms with Gasteiger partial charge in [0.2, 0.25) is 0 Å². The molecule has 2 aliphatic rings. The maximum Gasteiger partial charge on any atom is 2.00 e. The van der Waals surface area contributed by atoms with Gasteiger partial charge >= 0.3 is 17.4 Å². The molecule has 0 aromatic heterocycles. The molecular formula is C20H52CrN2O2Si4. The number of hydrogen-bond acceptors (Lipinski definition) is 2. The van der Waals surface area contributed by atoms with Crippen LogP contribution < -0.4 is 0 Å². The zero-order valence-corrected chi connectivity index (χ0v) is 27.1. The molecule has 0 aliphatic carbocycles. The van der Waals surface area contributed by atoms with Crippen LogP contribution in [0.4, 0.5) is 0 Å². The second-order valence-corrected chi connectivity index (χ2v) is 30.7. The molecule has 0 unspecified atom stereocenters. The van der Waals surface area contributed by atoms with Gasteiger partial charge in [0.1, 0.15) is 0 Å². The Labute approximate surface area is 199 Å². The topological polar surface area (TPSA) is 46.7 Å². The first-order valence-electron chi connectivity index (χ1n) is 11.0. The van der Waals surface area contributed by atoms with Crippen molar-refractivity contribution in [3.05, 3.63) is 9.30 Å². The van der Waals surface area contributed by atoms with Gasteiger partial charge < -0.3 is 18.8 Å². The van der Waals surface area contributed by atoms with Gasteiger partial charge in [0.25, 0.3) is 0 Å². The minimum absolute atomic E-state index is 0. The molecule has 9 heteroatoms. The summed E-state index contributed by atoms with van der Waals surface area (Å²) in [5, 5.41) is 0. The van der Waals surface area contributed by atoms with Crippen LogP contribution in [0.3, 0.4) is 0 Å². The van der Waals surface area contributed by atoms with Crippen molar-refractivity contribution in [2.45, 2.75) is 104 Å². The molecule has 0 N–H and O–H groups in total. The monoisotopic (exact) mass is 516 g/mol. The van der Waals surface area contributed by atoms with Crippen molar-refractivity contribution in [2.24, 2.45) is 0 Å². The third-order valence-electron chi connectivity index (χ3n) is 3.00. The van der Waals surface area contributed by atoms with Crippen LogP contribution in [0.5, 0.6) is 0 Å². The van der Waals surface area contributed by atoms with Crippen LogP contribution in [0.1, 0.15) is 25.7 Å². The third-order valence-corrected chi connectivity index (χ3v) is 13.7. The number of hydrogen-bond donors (Lipinski definition) is 0. The molecule has 29 heavy (non-hydrogen) atoms. The summed E-state index contributed by atoms with van der Waals surface area (Å²) in [4.78, 5) is 0. The molecular weight excluding hydrogens is 465 g/mol. The summed E-state index contributed by atoms with van der Waals surface area (Å²) in [5.74, 6) is 0. The fourth-order valence-electron chi connectivity index (χ4n) is 3.03. The summed E-state index contributed by atoms with van der Waals surface area (Å²) in [6.07, 6.45) is 5.11. The molecule has 0 saturated carbocycles. The zero-order valence-electron chi connectivity index (χ0n) is 21.8. The summed E-state index contributed by atoms with van der Waals surface area (Å²) in [7, 11) is -4.42. The Kier molecular flexibility index (Phi) is 20.2. The van der Waals surface area contributed by atoms with Crippen molar-refractivity contribution in [1.82, 2.24) is 0 Å². The predicted molar refractivity (Wildman–Crippen MR) is 140 cm³/mol. The first-order valence-corrected chi connectivity index (χ1v) is 24.8. The number of ether oxygens (including phenoxy) is 2. The van der Waals surface area contributed by atoms with E-state index in [1.165, 1.54) is 25.7 Å². The maximum absolute atomic E-state index is 4.94. The van der Waals surface area contributed by atoms with Gasteiger partial charge in [-0.3, -0.25) is 0 Å². The van der Waals surface area contributed by atoms with Crippen LogP contribution in [-0.4, -0.2) is 59.4 Å². The minimum Gasteiger partial charge on any atom is -0.668 e. The Morgan fingerprint density at radius 2 is 0.586 bits per heavy atom. The smallest absolute Gasteiger partial charge is 0.668 e. The Balaban J connectivity index is -0.000000316. The third kappa shape index (κ3) is 40.2. The molecule has 176 valence electrons. The van der Waals surface area contributed by atoms with Crippen molar-refractivity contribution in [3.63, 3.8) is 0 Å². The molecule has 0 spiro atoms. The van der Waals surface area contributed by atoms with Gasteiger partial charge in [-0.15, -0.1) is 0 Å². The summed E-state index contributed by atoms with van der Waals surface area (Å²) in [6, 6.07) is 0. The molecule has 0 bridgehead atoms. The molecule has 4 nitrogen and oxygen atoms in total. The van der Waals surface area contributed by atoms with E-state index in [4.69, 9.17) is 18.8 Å². The molecule has 2 heterocycles. The van der Waals surface area contributed by atoms with E-state index in [-0.39, 0.29) is 17.4 Å². The van der Waals surface area contributed by atoms with Crippen LogP contribution in [-0.2, 0) is 26.8 Å². The first kappa shape index (κ1) is 34.8. The Morgan fingerprint density at radius 3 is 0.621 bits per heavy atom. The van der Waals surface area contributed by atoms with Crippen molar-refractivity contribution in [3.8, 4) is 0 Å². The van der Waals surface area contributed by atoms with Gasteiger partial charge in [0.15, 0.2) is 0 Å². The molecule has 0 aromatic carbocycles. The van der Waals surface area contributed by atoms with Crippen LogP contribution in [0, 0.1) is 0 Å². The van der Waals surface area contributed by atoms with Gasteiger partial charge in [0, 0.05) is 26.4 Å². The average Bonchev–Trinajstić information content (AvgIpc) is 3.11. The van der Waals surface area contributed by atoms with Crippen LogP contribution in [0.25, 0.3) is 9.30 Å². The summed E-state index contributed by atoms with van der Waals surface area (Å²) in [6.45, 7) is 31.6. The molecule has 0 amide bonds. The quantitative estimate of drug-likeness (QED) is 0.360. The summed E-state index contributed by atoms with van der Waals surface area (Å²) < 4.78 is 19.5. The van der Waals surface area contributed by atoms with E-state index in [9.17, 15) is 0 Å². The normalized spacial score (nSPS) is 17.0. The first-order chi connectivity index (χ1) is 12.4.